The molecule has 4 aromatic rings. The van der Waals surface area contributed by atoms with Gasteiger partial charge in [0.2, 0.25) is 0 Å². The van der Waals surface area contributed by atoms with Gasteiger partial charge in [0, 0.05) is 87.1 Å². The van der Waals surface area contributed by atoms with Gasteiger partial charge in [-0.05, 0) is 38.0 Å². The second-order valence-corrected chi connectivity index (χ2v) is 10.0. The Hall–Kier alpha value is -3.49. The smallest absolute Gasteiger partial charge is 0.254 e. The first kappa shape index (κ1) is 22.9. The Morgan fingerprint density at radius 3 is 2.56 bits per heavy atom. The summed E-state index contributed by atoms with van der Waals surface area (Å²) in [5, 5.41) is 7.95. The second kappa shape index (κ2) is 9.19. The molecule has 186 valence electrons. The van der Waals surface area contributed by atoms with Crippen molar-refractivity contribution in [3.63, 3.8) is 0 Å². The van der Waals surface area contributed by atoms with Crippen LogP contribution in [0.2, 0.25) is 0 Å². The molecule has 0 saturated carbocycles. The summed E-state index contributed by atoms with van der Waals surface area (Å²) in [6.07, 6.45) is 5.08. The molecule has 0 aliphatic carbocycles. The van der Waals surface area contributed by atoms with Crippen LogP contribution in [-0.2, 0) is 7.05 Å². The fourth-order valence-electron chi connectivity index (χ4n) is 5.80. The molecule has 0 radical (unpaired) electrons. The number of aromatic nitrogens is 4. The molecule has 0 spiro atoms. The molecule has 36 heavy (non-hydrogen) atoms. The Morgan fingerprint density at radius 2 is 1.81 bits per heavy atom. The molecule has 1 amide bonds. The van der Waals surface area contributed by atoms with Crippen molar-refractivity contribution in [3.05, 3.63) is 65.7 Å². The van der Waals surface area contributed by atoms with E-state index in [1.165, 1.54) is 0 Å². The van der Waals surface area contributed by atoms with Crippen LogP contribution < -0.4 is 5.32 Å². The Bertz CT molecular complexity index is 1430. The van der Waals surface area contributed by atoms with Crippen molar-refractivity contribution in [3.8, 4) is 22.4 Å². The fourth-order valence-corrected chi connectivity index (χ4v) is 5.80. The quantitative estimate of drug-likeness (QED) is 0.483. The maximum absolute atomic E-state index is 13.4. The number of hydrogen-bond donors (Lipinski definition) is 1. The first-order chi connectivity index (χ1) is 17.5. The molecule has 2 aliphatic heterocycles. The van der Waals surface area contributed by atoms with E-state index in [0.29, 0.717) is 11.6 Å². The number of carbonyl (C=O) groups excluding carboxylic acids is 1. The molecule has 1 N–H and O–H groups in total. The van der Waals surface area contributed by atoms with E-state index in [1.54, 1.807) is 0 Å². The first-order valence-corrected chi connectivity index (χ1v) is 12.8. The number of likely N-dealkylation sites (tertiary alicyclic amines) is 1. The second-order valence-electron chi connectivity index (χ2n) is 10.0. The average Bonchev–Trinajstić information content (AvgIpc) is 3.61. The number of rotatable bonds is 4. The summed E-state index contributed by atoms with van der Waals surface area (Å²) in [6.45, 7) is 9.94. The highest BCUT2D eigenvalue weighted by molar-refractivity contribution is 5.95. The number of benzene rings is 1. The summed E-state index contributed by atoms with van der Waals surface area (Å²) in [7, 11) is 1.94. The van der Waals surface area contributed by atoms with Gasteiger partial charge in [-0.2, -0.15) is 5.10 Å². The third kappa shape index (κ3) is 4.00. The number of piperazine rings is 1. The highest BCUT2D eigenvalue weighted by Gasteiger charge is 2.31. The molecule has 8 heteroatoms. The third-order valence-electron chi connectivity index (χ3n) is 7.72. The van der Waals surface area contributed by atoms with Crippen molar-refractivity contribution in [1.82, 2.24) is 34.3 Å². The topological polar surface area (TPSA) is 70.7 Å². The van der Waals surface area contributed by atoms with Crippen LogP contribution in [0.25, 0.3) is 28.0 Å². The molecule has 2 fully saturated rings. The van der Waals surface area contributed by atoms with Gasteiger partial charge in [0.05, 0.1) is 11.4 Å². The summed E-state index contributed by atoms with van der Waals surface area (Å²) in [6, 6.07) is 12.7. The molecule has 0 unspecified atom stereocenters. The number of nitrogens with one attached hydrogen (secondary N) is 1. The standard InChI is InChI=1S/C28H33N7O/c1-19-25(18-32(3)31-19)23-6-4-5-7-24(23)27-20(2)35-13-8-21(16-26(35)30-27)28(36)34-12-9-22(17-34)33-14-10-29-11-15-33/h4-8,13,16,18,22,29H,9-12,14-15,17H2,1-3H3/t22-/m1/s1. The predicted octanol–water partition coefficient (Wildman–Crippen LogP) is 3.14. The van der Waals surface area contributed by atoms with E-state index in [-0.39, 0.29) is 5.91 Å². The first-order valence-electron chi connectivity index (χ1n) is 12.8. The van der Waals surface area contributed by atoms with Crippen LogP contribution in [0.1, 0.15) is 28.2 Å². The fraction of sp³-hybridized carbons (Fsp3) is 0.393. The van der Waals surface area contributed by atoms with Crippen molar-refractivity contribution >= 4 is 11.6 Å². The van der Waals surface area contributed by atoms with Gasteiger partial charge in [0.15, 0.2) is 0 Å². The van der Waals surface area contributed by atoms with Crippen LogP contribution in [0.3, 0.4) is 0 Å². The summed E-state index contributed by atoms with van der Waals surface area (Å²) < 4.78 is 3.92. The number of nitrogens with zero attached hydrogens (tertiary/aromatic N) is 6. The van der Waals surface area contributed by atoms with E-state index in [0.717, 1.165) is 85.1 Å². The van der Waals surface area contributed by atoms with Gasteiger partial charge in [0.25, 0.3) is 5.91 Å². The van der Waals surface area contributed by atoms with Crippen LogP contribution in [0.5, 0.6) is 0 Å². The minimum atomic E-state index is 0.101. The van der Waals surface area contributed by atoms with E-state index >= 15 is 0 Å². The van der Waals surface area contributed by atoms with Gasteiger partial charge in [-0.15, -0.1) is 0 Å². The zero-order chi connectivity index (χ0) is 24.8. The van der Waals surface area contributed by atoms with Gasteiger partial charge in [-0.3, -0.25) is 14.4 Å². The highest BCUT2D eigenvalue weighted by atomic mass is 16.2. The molecular formula is C28H33N7O. The van der Waals surface area contributed by atoms with E-state index in [2.05, 4.69) is 51.0 Å². The van der Waals surface area contributed by atoms with Crippen molar-refractivity contribution in [2.24, 2.45) is 7.05 Å². The molecule has 1 atom stereocenters. The molecule has 3 aromatic heterocycles. The lowest BCUT2D eigenvalue weighted by Gasteiger charge is -2.32. The molecule has 6 rings (SSSR count). The largest absolute Gasteiger partial charge is 0.337 e. The predicted molar refractivity (Wildman–Crippen MR) is 141 cm³/mol. The van der Waals surface area contributed by atoms with E-state index in [1.807, 2.05) is 47.9 Å². The lowest BCUT2D eigenvalue weighted by atomic mass is 9.97. The van der Waals surface area contributed by atoms with E-state index in [4.69, 9.17) is 4.98 Å². The molecule has 5 heterocycles. The summed E-state index contributed by atoms with van der Waals surface area (Å²) in [5.74, 6) is 0.101. The minimum Gasteiger partial charge on any atom is -0.337 e. The number of aryl methyl sites for hydroxylation is 3. The Morgan fingerprint density at radius 1 is 1.03 bits per heavy atom. The monoisotopic (exact) mass is 483 g/mol. The maximum Gasteiger partial charge on any atom is 0.254 e. The lowest BCUT2D eigenvalue weighted by Crippen LogP contribution is -2.49. The molecular weight excluding hydrogens is 450 g/mol. The molecule has 1 aromatic carbocycles. The number of hydrogen-bond acceptors (Lipinski definition) is 5. The van der Waals surface area contributed by atoms with Crippen molar-refractivity contribution in [2.45, 2.75) is 26.3 Å². The normalized spacial score (nSPS) is 18.9. The molecule has 2 aliphatic rings. The number of carbonyl (C=O) groups is 1. The number of fused-ring (bicyclic) bond motifs is 1. The Balaban J connectivity index is 1.30. The molecule has 2 saturated heterocycles. The Labute approximate surface area is 211 Å². The minimum absolute atomic E-state index is 0.101. The zero-order valence-electron chi connectivity index (χ0n) is 21.2. The third-order valence-corrected chi connectivity index (χ3v) is 7.72. The SMILES string of the molecule is Cc1nn(C)cc1-c1ccccc1-c1nc2cc(C(=O)N3CC[C@@H](N4CCNCC4)C3)ccn2c1C. The van der Waals surface area contributed by atoms with Gasteiger partial charge < -0.3 is 14.6 Å². The number of imidazole rings is 1. The van der Waals surface area contributed by atoms with Crippen LogP contribution in [0.15, 0.2) is 48.8 Å². The van der Waals surface area contributed by atoms with Gasteiger partial charge >= 0.3 is 0 Å². The molecule has 8 nitrogen and oxygen atoms in total. The van der Waals surface area contributed by atoms with Crippen LogP contribution in [0.4, 0.5) is 0 Å². The highest BCUT2D eigenvalue weighted by Crippen LogP contribution is 2.35. The van der Waals surface area contributed by atoms with Crippen LogP contribution in [-0.4, -0.2) is 80.2 Å². The molecule has 0 bridgehead atoms. The van der Waals surface area contributed by atoms with E-state index < -0.39 is 0 Å². The Kier molecular flexibility index (Phi) is 5.85. The van der Waals surface area contributed by atoms with Crippen molar-refractivity contribution in [2.75, 3.05) is 39.3 Å². The van der Waals surface area contributed by atoms with Gasteiger partial charge in [0.1, 0.15) is 5.65 Å². The average molecular weight is 484 g/mol. The number of pyridine rings is 1. The zero-order valence-corrected chi connectivity index (χ0v) is 21.2. The summed E-state index contributed by atoms with van der Waals surface area (Å²) in [5.41, 5.74) is 7.76. The maximum atomic E-state index is 13.4. The summed E-state index contributed by atoms with van der Waals surface area (Å²) >= 11 is 0. The lowest BCUT2D eigenvalue weighted by molar-refractivity contribution is 0.0773. The van der Waals surface area contributed by atoms with Gasteiger partial charge in [-0.1, -0.05) is 24.3 Å². The van der Waals surface area contributed by atoms with Gasteiger partial charge in [-0.25, -0.2) is 4.98 Å². The van der Waals surface area contributed by atoms with Crippen LogP contribution >= 0.6 is 0 Å². The van der Waals surface area contributed by atoms with E-state index in [9.17, 15) is 4.79 Å². The van der Waals surface area contributed by atoms with Crippen molar-refractivity contribution < 1.29 is 4.79 Å². The van der Waals surface area contributed by atoms with Crippen LogP contribution in [0, 0.1) is 13.8 Å². The number of amides is 1. The van der Waals surface area contributed by atoms with Crippen molar-refractivity contribution in [1.29, 1.82) is 0 Å². The summed E-state index contributed by atoms with van der Waals surface area (Å²) in [4.78, 5) is 23.0.